The van der Waals surface area contributed by atoms with E-state index in [0.717, 1.165) is 16.7 Å². The van der Waals surface area contributed by atoms with Gasteiger partial charge in [-0.25, -0.2) is 0 Å². The average Bonchev–Trinajstić information content (AvgIpc) is 2.65. The minimum Gasteiger partial charge on any atom is -0.464 e. The molecule has 0 amide bonds. The van der Waals surface area contributed by atoms with Gasteiger partial charge in [0, 0.05) is 6.92 Å². The van der Waals surface area contributed by atoms with E-state index in [1.165, 1.54) is 6.92 Å². The van der Waals surface area contributed by atoms with Crippen LogP contribution in [0, 0.1) is 0 Å². The predicted octanol–water partition coefficient (Wildman–Crippen LogP) is 4.58. The molecule has 2 nitrogen and oxygen atoms in total. The number of hydrogen-bond donors (Lipinski definition) is 0. The summed E-state index contributed by atoms with van der Waals surface area (Å²) >= 11 is 0. The van der Waals surface area contributed by atoms with Gasteiger partial charge in [-0.2, -0.15) is 0 Å². The molecule has 0 atom stereocenters. The van der Waals surface area contributed by atoms with Gasteiger partial charge in [0.2, 0.25) is 0 Å². The van der Waals surface area contributed by atoms with Gasteiger partial charge in [-0.1, -0.05) is 91.0 Å². The van der Waals surface area contributed by atoms with Gasteiger partial charge in [-0.3, -0.25) is 4.79 Å². The molecule has 0 unspecified atom stereocenters. The Morgan fingerprint density at radius 3 is 1.33 bits per heavy atom. The van der Waals surface area contributed by atoms with Gasteiger partial charge in [0.05, 0.1) is 5.41 Å². The summed E-state index contributed by atoms with van der Waals surface area (Å²) in [4.78, 5) is 11.6. The van der Waals surface area contributed by atoms with Crippen molar-refractivity contribution in [2.75, 3.05) is 6.61 Å². The SMILES string of the molecule is CC(=O)OCC(c1ccccc1)(c1ccccc1)c1ccccc1. The zero-order chi connectivity index (χ0) is 16.8. The minimum absolute atomic E-state index is 0.264. The Kier molecular flexibility index (Phi) is 4.76. The average molecular weight is 316 g/mol. The third kappa shape index (κ3) is 3.09. The van der Waals surface area contributed by atoms with E-state index in [1.54, 1.807) is 0 Å². The van der Waals surface area contributed by atoms with Gasteiger partial charge in [-0.15, -0.1) is 0 Å². The molecule has 0 aliphatic rings. The Labute approximate surface area is 142 Å². The Hall–Kier alpha value is -2.87. The molecule has 0 saturated carbocycles. The first-order valence-corrected chi connectivity index (χ1v) is 8.03. The van der Waals surface area contributed by atoms with Crippen molar-refractivity contribution >= 4 is 5.97 Å². The maximum atomic E-state index is 11.6. The molecule has 3 aromatic carbocycles. The smallest absolute Gasteiger partial charge is 0.302 e. The van der Waals surface area contributed by atoms with Crippen LogP contribution in [0.1, 0.15) is 23.6 Å². The Morgan fingerprint density at radius 1 is 0.708 bits per heavy atom. The van der Waals surface area contributed by atoms with E-state index in [4.69, 9.17) is 4.74 Å². The molecule has 0 heterocycles. The molecular weight excluding hydrogens is 296 g/mol. The molecule has 0 spiro atoms. The molecule has 3 rings (SSSR count). The van der Waals surface area contributed by atoms with E-state index in [9.17, 15) is 4.79 Å². The van der Waals surface area contributed by atoms with Gasteiger partial charge in [0.15, 0.2) is 0 Å². The monoisotopic (exact) mass is 316 g/mol. The first-order valence-electron chi connectivity index (χ1n) is 8.03. The molecule has 120 valence electrons. The van der Waals surface area contributed by atoms with E-state index in [0.29, 0.717) is 0 Å². The molecule has 2 heteroatoms. The number of benzene rings is 3. The fourth-order valence-electron chi connectivity index (χ4n) is 3.13. The summed E-state index contributed by atoms with van der Waals surface area (Å²) < 4.78 is 5.53. The fourth-order valence-corrected chi connectivity index (χ4v) is 3.13. The highest BCUT2D eigenvalue weighted by atomic mass is 16.5. The highest BCUT2D eigenvalue weighted by Gasteiger charge is 2.37. The largest absolute Gasteiger partial charge is 0.464 e. The molecule has 0 aromatic heterocycles. The fraction of sp³-hybridized carbons (Fsp3) is 0.136. The molecular formula is C22H20O2. The number of hydrogen-bond acceptors (Lipinski definition) is 2. The summed E-state index contributed by atoms with van der Waals surface area (Å²) in [6.45, 7) is 1.71. The number of carbonyl (C=O) groups is 1. The molecule has 0 aliphatic carbocycles. The number of rotatable bonds is 5. The van der Waals surface area contributed by atoms with Gasteiger partial charge >= 0.3 is 5.97 Å². The summed E-state index contributed by atoms with van der Waals surface area (Å²) in [7, 11) is 0. The predicted molar refractivity (Wildman–Crippen MR) is 95.8 cm³/mol. The summed E-state index contributed by atoms with van der Waals surface area (Å²) in [6, 6.07) is 30.6. The van der Waals surface area contributed by atoms with Crippen LogP contribution in [-0.4, -0.2) is 12.6 Å². The van der Waals surface area contributed by atoms with Crippen molar-refractivity contribution in [3.05, 3.63) is 108 Å². The van der Waals surface area contributed by atoms with Crippen LogP contribution < -0.4 is 0 Å². The van der Waals surface area contributed by atoms with Crippen molar-refractivity contribution in [1.29, 1.82) is 0 Å². The first kappa shape index (κ1) is 16.0. The Morgan fingerprint density at radius 2 is 1.04 bits per heavy atom. The molecule has 0 radical (unpaired) electrons. The number of carbonyl (C=O) groups excluding carboxylic acids is 1. The maximum Gasteiger partial charge on any atom is 0.302 e. The van der Waals surface area contributed by atoms with E-state index < -0.39 is 5.41 Å². The van der Waals surface area contributed by atoms with Crippen LogP contribution in [0.3, 0.4) is 0 Å². The quantitative estimate of drug-likeness (QED) is 0.508. The lowest BCUT2D eigenvalue weighted by atomic mass is 9.70. The molecule has 24 heavy (non-hydrogen) atoms. The second-order valence-electron chi connectivity index (χ2n) is 5.78. The third-order valence-corrected chi connectivity index (χ3v) is 4.29. The summed E-state index contributed by atoms with van der Waals surface area (Å²) in [6.07, 6.45) is 0. The van der Waals surface area contributed by atoms with Crippen LogP contribution >= 0.6 is 0 Å². The molecule has 0 fully saturated rings. The van der Waals surface area contributed by atoms with E-state index in [2.05, 4.69) is 36.4 Å². The van der Waals surface area contributed by atoms with Gasteiger partial charge < -0.3 is 4.74 Å². The standard InChI is InChI=1S/C22H20O2/c1-18(23)24-17-22(19-11-5-2-6-12-19,20-13-7-3-8-14-20)21-15-9-4-10-16-21/h2-16H,17H2,1H3. The van der Waals surface area contributed by atoms with Crippen LogP contribution in [0.25, 0.3) is 0 Å². The first-order chi connectivity index (χ1) is 11.7. The van der Waals surface area contributed by atoms with Crippen LogP contribution in [0.15, 0.2) is 91.0 Å². The highest BCUT2D eigenvalue weighted by Crippen LogP contribution is 2.39. The molecule has 3 aromatic rings. The van der Waals surface area contributed by atoms with Crippen molar-refractivity contribution < 1.29 is 9.53 Å². The van der Waals surface area contributed by atoms with Crippen molar-refractivity contribution in [3.8, 4) is 0 Å². The summed E-state index contributed by atoms with van der Waals surface area (Å²) in [5, 5.41) is 0. The number of ether oxygens (including phenoxy) is 1. The van der Waals surface area contributed by atoms with E-state index in [1.807, 2.05) is 54.6 Å². The van der Waals surface area contributed by atoms with Crippen LogP contribution in [0.5, 0.6) is 0 Å². The van der Waals surface area contributed by atoms with Crippen molar-refractivity contribution in [2.45, 2.75) is 12.3 Å². The highest BCUT2D eigenvalue weighted by molar-refractivity contribution is 5.66. The topological polar surface area (TPSA) is 26.3 Å². The Bertz CT molecular complexity index is 683. The second kappa shape index (κ2) is 7.14. The van der Waals surface area contributed by atoms with Crippen molar-refractivity contribution in [1.82, 2.24) is 0 Å². The minimum atomic E-state index is -0.532. The lowest BCUT2D eigenvalue weighted by Crippen LogP contribution is -2.35. The molecule has 0 N–H and O–H groups in total. The maximum absolute atomic E-state index is 11.6. The lowest BCUT2D eigenvalue weighted by Gasteiger charge is -2.35. The lowest BCUT2D eigenvalue weighted by molar-refractivity contribution is -0.142. The van der Waals surface area contributed by atoms with Gasteiger partial charge in [0.1, 0.15) is 6.61 Å². The van der Waals surface area contributed by atoms with Crippen LogP contribution in [0.4, 0.5) is 0 Å². The molecule has 0 saturated heterocycles. The number of esters is 1. The normalized spacial score (nSPS) is 11.0. The summed E-state index contributed by atoms with van der Waals surface area (Å²) in [5.41, 5.74) is 2.77. The van der Waals surface area contributed by atoms with Gasteiger partial charge in [-0.05, 0) is 16.7 Å². The van der Waals surface area contributed by atoms with E-state index >= 15 is 0 Å². The molecule has 0 bridgehead atoms. The molecule has 0 aliphatic heterocycles. The second-order valence-corrected chi connectivity index (χ2v) is 5.78. The van der Waals surface area contributed by atoms with E-state index in [-0.39, 0.29) is 12.6 Å². The van der Waals surface area contributed by atoms with Crippen molar-refractivity contribution in [2.24, 2.45) is 0 Å². The zero-order valence-corrected chi connectivity index (χ0v) is 13.7. The zero-order valence-electron chi connectivity index (χ0n) is 13.7. The third-order valence-electron chi connectivity index (χ3n) is 4.29. The van der Waals surface area contributed by atoms with Crippen LogP contribution in [0.2, 0.25) is 0 Å². The van der Waals surface area contributed by atoms with Crippen molar-refractivity contribution in [3.63, 3.8) is 0 Å². The Balaban J connectivity index is 2.26. The van der Waals surface area contributed by atoms with Crippen LogP contribution in [-0.2, 0) is 14.9 Å². The summed E-state index contributed by atoms with van der Waals surface area (Å²) in [5.74, 6) is -0.276. The van der Waals surface area contributed by atoms with Gasteiger partial charge in [0.25, 0.3) is 0 Å².